The first-order valence-electron chi connectivity index (χ1n) is 9.84. The summed E-state index contributed by atoms with van der Waals surface area (Å²) < 4.78 is 0. The van der Waals surface area contributed by atoms with Crippen LogP contribution in [0.2, 0.25) is 0 Å². The van der Waals surface area contributed by atoms with Crippen molar-refractivity contribution >= 4 is 5.78 Å². The Balaban J connectivity index is 1.72. The lowest BCUT2D eigenvalue weighted by Gasteiger charge is -2.61. The van der Waals surface area contributed by atoms with E-state index in [0.29, 0.717) is 11.8 Å². The van der Waals surface area contributed by atoms with Crippen LogP contribution in [0.3, 0.4) is 0 Å². The molecule has 0 heterocycles. The van der Waals surface area contributed by atoms with E-state index in [4.69, 9.17) is 0 Å². The highest BCUT2D eigenvalue weighted by atomic mass is 16.3. The molecule has 3 saturated carbocycles. The van der Waals surface area contributed by atoms with E-state index in [1.807, 2.05) is 0 Å². The minimum Gasteiger partial charge on any atom is -0.389 e. The quantitative estimate of drug-likeness (QED) is 0.721. The van der Waals surface area contributed by atoms with Gasteiger partial charge in [0.2, 0.25) is 0 Å². The second-order valence-electron chi connectivity index (χ2n) is 9.55. The Morgan fingerprint density at radius 2 is 1.83 bits per heavy atom. The Bertz CT molecular complexity index is 596. The van der Waals surface area contributed by atoms with E-state index < -0.39 is 5.60 Å². The molecule has 0 amide bonds. The number of Topliss-reactive ketones (excluding diaryl/α,β-unsaturated/α-hetero) is 1. The lowest BCUT2D eigenvalue weighted by atomic mass is 9.45. The first-order chi connectivity index (χ1) is 11.2. The van der Waals surface area contributed by atoms with Gasteiger partial charge in [-0.15, -0.1) is 0 Å². The normalized spacial score (nSPS) is 53.6. The lowest BCUT2D eigenvalue weighted by Crippen LogP contribution is -2.61. The zero-order chi connectivity index (χ0) is 17.3. The first-order valence-corrected chi connectivity index (χ1v) is 9.84. The van der Waals surface area contributed by atoms with Gasteiger partial charge in [0.05, 0.1) is 11.7 Å². The van der Waals surface area contributed by atoms with E-state index in [0.717, 1.165) is 51.4 Å². The van der Waals surface area contributed by atoms with Gasteiger partial charge < -0.3 is 10.2 Å². The van der Waals surface area contributed by atoms with Gasteiger partial charge >= 0.3 is 0 Å². The zero-order valence-electron chi connectivity index (χ0n) is 15.3. The second kappa shape index (κ2) is 5.17. The maximum Gasteiger partial charge on any atom is 0.133 e. The van der Waals surface area contributed by atoms with Crippen molar-refractivity contribution in [3.05, 3.63) is 11.6 Å². The molecule has 0 aromatic carbocycles. The number of ketones is 1. The monoisotopic (exact) mass is 332 g/mol. The summed E-state index contributed by atoms with van der Waals surface area (Å²) in [7, 11) is 0. The van der Waals surface area contributed by atoms with Crippen LogP contribution in [-0.2, 0) is 4.79 Å². The third-order valence-electron chi connectivity index (χ3n) is 8.77. The number of aliphatic hydroxyl groups excluding tert-OH is 1. The number of carbonyl (C=O) groups excluding carboxylic acids is 1. The highest BCUT2D eigenvalue weighted by molar-refractivity contribution is 5.80. The fraction of sp³-hybridized carbons (Fsp3) is 0.857. The fourth-order valence-electron chi connectivity index (χ4n) is 7.33. The van der Waals surface area contributed by atoms with Gasteiger partial charge in [-0.3, -0.25) is 4.79 Å². The number of hydrogen-bond acceptors (Lipinski definition) is 3. The number of aliphatic hydroxyl groups is 2. The van der Waals surface area contributed by atoms with Crippen molar-refractivity contribution in [2.45, 2.75) is 83.8 Å². The van der Waals surface area contributed by atoms with Gasteiger partial charge in [0.25, 0.3) is 0 Å². The second-order valence-corrected chi connectivity index (χ2v) is 9.55. The number of fused-ring (bicyclic) bond motifs is 5. The molecule has 0 radical (unpaired) electrons. The van der Waals surface area contributed by atoms with Gasteiger partial charge in [0, 0.05) is 11.3 Å². The topological polar surface area (TPSA) is 57.5 Å². The molecular weight excluding hydrogens is 300 g/mol. The molecule has 24 heavy (non-hydrogen) atoms. The van der Waals surface area contributed by atoms with Crippen molar-refractivity contribution in [1.29, 1.82) is 0 Å². The Hall–Kier alpha value is -0.670. The van der Waals surface area contributed by atoms with Crippen LogP contribution >= 0.6 is 0 Å². The number of hydrogen-bond donors (Lipinski definition) is 2. The van der Waals surface area contributed by atoms with E-state index in [1.165, 1.54) is 5.57 Å². The van der Waals surface area contributed by atoms with Crippen LogP contribution in [0.15, 0.2) is 11.6 Å². The minimum absolute atomic E-state index is 0.0290. The summed E-state index contributed by atoms with van der Waals surface area (Å²) in [6, 6.07) is 0. The molecule has 0 spiro atoms. The van der Waals surface area contributed by atoms with Crippen LogP contribution in [0.5, 0.6) is 0 Å². The van der Waals surface area contributed by atoms with Crippen molar-refractivity contribution in [1.82, 2.24) is 0 Å². The molecule has 3 nitrogen and oxygen atoms in total. The molecule has 134 valence electrons. The summed E-state index contributed by atoms with van der Waals surface area (Å²) in [5.41, 5.74) is 0.631. The maximum absolute atomic E-state index is 12.2. The first kappa shape index (κ1) is 16.8. The molecule has 0 unspecified atom stereocenters. The maximum atomic E-state index is 12.2. The SMILES string of the molecule is CC(=O)[C@H]1CC[C@]2(O)[C@@H]3CCC4=C[C@@H](O)CC[C@]4(C)[C@H]3CC[C@]12C. The zero-order valence-corrected chi connectivity index (χ0v) is 15.3. The molecule has 4 aliphatic rings. The molecule has 0 bridgehead atoms. The third-order valence-corrected chi connectivity index (χ3v) is 8.77. The average molecular weight is 332 g/mol. The van der Waals surface area contributed by atoms with E-state index in [2.05, 4.69) is 19.9 Å². The van der Waals surface area contributed by atoms with Crippen molar-refractivity contribution in [2.75, 3.05) is 0 Å². The highest BCUT2D eigenvalue weighted by Crippen LogP contribution is 2.68. The molecule has 3 heteroatoms. The van der Waals surface area contributed by atoms with Crippen molar-refractivity contribution < 1.29 is 15.0 Å². The minimum atomic E-state index is -0.684. The molecule has 3 fully saturated rings. The predicted molar refractivity (Wildman–Crippen MR) is 93.3 cm³/mol. The van der Waals surface area contributed by atoms with Crippen LogP contribution in [0.4, 0.5) is 0 Å². The van der Waals surface area contributed by atoms with E-state index in [1.54, 1.807) is 6.92 Å². The lowest BCUT2D eigenvalue weighted by molar-refractivity contribution is -0.185. The molecule has 0 aliphatic heterocycles. The molecule has 4 aliphatic carbocycles. The van der Waals surface area contributed by atoms with E-state index >= 15 is 0 Å². The molecule has 0 aromatic rings. The van der Waals surface area contributed by atoms with Gasteiger partial charge in [-0.05, 0) is 75.5 Å². The summed E-state index contributed by atoms with van der Waals surface area (Å²) >= 11 is 0. The molecule has 2 N–H and O–H groups in total. The predicted octanol–water partition coefficient (Wildman–Crippen LogP) is 3.63. The highest BCUT2D eigenvalue weighted by Gasteiger charge is 2.67. The Kier molecular flexibility index (Phi) is 3.61. The van der Waals surface area contributed by atoms with Gasteiger partial charge in [-0.1, -0.05) is 25.5 Å². The summed E-state index contributed by atoms with van der Waals surface area (Å²) in [5, 5.41) is 21.9. The van der Waals surface area contributed by atoms with Gasteiger partial charge in [0.15, 0.2) is 0 Å². The van der Waals surface area contributed by atoms with Crippen LogP contribution < -0.4 is 0 Å². The van der Waals surface area contributed by atoms with Gasteiger partial charge in [0.1, 0.15) is 5.78 Å². The van der Waals surface area contributed by atoms with Crippen molar-refractivity contribution in [2.24, 2.45) is 28.6 Å². The van der Waals surface area contributed by atoms with E-state index in [9.17, 15) is 15.0 Å². The Morgan fingerprint density at radius 3 is 2.54 bits per heavy atom. The van der Waals surface area contributed by atoms with Gasteiger partial charge in [-0.25, -0.2) is 0 Å². The van der Waals surface area contributed by atoms with Crippen LogP contribution in [0, 0.1) is 28.6 Å². The fourth-order valence-corrected chi connectivity index (χ4v) is 7.33. The number of carbonyl (C=O) groups is 1. The Morgan fingerprint density at radius 1 is 1.08 bits per heavy atom. The van der Waals surface area contributed by atoms with E-state index in [-0.39, 0.29) is 28.6 Å². The summed E-state index contributed by atoms with van der Waals surface area (Å²) in [5.74, 6) is 1.09. The largest absolute Gasteiger partial charge is 0.389 e. The van der Waals surface area contributed by atoms with Gasteiger partial charge in [-0.2, -0.15) is 0 Å². The standard InChI is InChI=1S/C21H32O3/c1-13(22)16-8-11-21(24)18-5-4-14-12-15(23)6-9-19(14,2)17(18)7-10-20(16,21)3/h12,15-18,23-24H,4-11H2,1-3H3/t15-,16+,17-,18+,19-,20+,21-/m0/s1. The number of rotatable bonds is 1. The smallest absolute Gasteiger partial charge is 0.133 e. The number of allylic oxidation sites excluding steroid dienone is 1. The van der Waals surface area contributed by atoms with Crippen molar-refractivity contribution in [3.63, 3.8) is 0 Å². The molecule has 4 rings (SSSR count). The average Bonchev–Trinajstić information content (AvgIpc) is 2.80. The third kappa shape index (κ3) is 1.94. The van der Waals surface area contributed by atoms with Crippen LogP contribution in [0.25, 0.3) is 0 Å². The molecular formula is C21H32O3. The molecule has 0 aromatic heterocycles. The molecule has 7 atom stereocenters. The summed E-state index contributed by atoms with van der Waals surface area (Å²) in [6.07, 6.45) is 9.40. The molecule has 0 saturated heterocycles. The Labute approximate surface area is 145 Å². The summed E-state index contributed by atoms with van der Waals surface area (Å²) in [4.78, 5) is 12.2. The van der Waals surface area contributed by atoms with Crippen molar-refractivity contribution in [3.8, 4) is 0 Å². The van der Waals surface area contributed by atoms with Crippen LogP contribution in [-0.4, -0.2) is 27.7 Å². The summed E-state index contributed by atoms with van der Waals surface area (Å²) in [6.45, 7) is 6.25. The van der Waals surface area contributed by atoms with Crippen LogP contribution in [0.1, 0.15) is 72.1 Å².